The van der Waals surface area contributed by atoms with Crippen molar-refractivity contribution in [3.8, 4) is 0 Å². The fraction of sp³-hybridized carbons (Fsp3) is 0.579. The molecule has 1 fully saturated rings. The van der Waals surface area contributed by atoms with Gasteiger partial charge in [0.15, 0.2) is 0 Å². The highest BCUT2D eigenvalue weighted by Gasteiger charge is 2.27. The molecule has 5 heteroatoms. The third kappa shape index (κ3) is 5.34. The smallest absolute Gasteiger partial charge is 0.313 e. The second-order valence-electron chi connectivity index (χ2n) is 6.57. The minimum Gasteiger partial charge on any atom is -0.342 e. The van der Waals surface area contributed by atoms with Gasteiger partial charge in [0.25, 0.3) is 0 Å². The second kappa shape index (κ2) is 9.42. The summed E-state index contributed by atoms with van der Waals surface area (Å²) in [4.78, 5) is 25.5. The number of likely N-dealkylation sites (tertiary alicyclic amines) is 1. The number of carbonyl (C=O) groups excluding carboxylic acids is 2. The highest BCUT2D eigenvalue weighted by molar-refractivity contribution is 6.39. The molecule has 2 amide bonds. The lowest BCUT2D eigenvalue weighted by atomic mass is 10.1. The van der Waals surface area contributed by atoms with Gasteiger partial charge < -0.3 is 15.5 Å². The van der Waals surface area contributed by atoms with Crippen LogP contribution in [0.2, 0.25) is 0 Å². The van der Waals surface area contributed by atoms with Crippen molar-refractivity contribution in [1.82, 2.24) is 5.32 Å². The number of quaternary nitrogens is 1. The Bertz CT molecular complexity index is 542. The van der Waals surface area contributed by atoms with Crippen LogP contribution < -0.4 is 15.5 Å². The second-order valence-corrected chi connectivity index (χ2v) is 6.57. The average Bonchev–Trinajstić information content (AvgIpc) is 3.06. The Labute approximate surface area is 144 Å². The third-order valence-corrected chi connectivity index (χ3v) is 4.83. The van der Waals surface area contributed by atoms with E-state index in [0.717, 1.165) is 38.8 Å². The maximum Gasteiger partial charge on any atom is 0.313 e. The molecule has 0 aliphatic carbocycles. The molecule has 1 aromatic carbocycles. The van der Waals surface area contributed by atoms with Crippen LogP contribution in [0.3, 0.4) is 0 Å². The summed E-state index contributed by atoms with van der Waals surface area (Å²) in [6, 6.07) is 8.16. The third-order valence-electron chi connectivity index (χ3n) is 4.83. The molecule has 0 bridgehead atoms. The van der Waals surface area contributed by atoms with Crippen LogP contribution in [0.15, 0.2) is 24.3 Å². The molecule has 132 valence electrons. The monoisotopic (exact) mass is 332 g/mol. The molecule has 1 aliphatic rings. The predicted molar refractivity (Wildman–Crippen MR) is 96.1 cm³/mol. The number of amides is 2. The van der Waals surface area contributed by atoms with E-state index in [1.54, 1.807) is 0 Å². The Morgan fingerprint density at radius 3 is 2.58 bits per heavy atom. The summed E-state index contributed by atoms with van der Waals surface area (Å²) in [5.74, 6) is -1.14. The summed E-state index contributed by atoms with van der Waals surface area (Å²) >= 11 is 0. The van der Waals surface area contributed by atoms with Crippen molar-refractivity contribution in [2.45, 2.75) is 52.0 Å². The molecule has 1 aliphatic heterocycles. The Balaban J connectivity index is 1.77. The number of anilines is 1. The first-order valence-electron chi connectivity index (χ1n) is 9.16. The van der Waals surface area contributed by atoms with E-state index < -0.39 is 11.8 Å². The number of carbonyl (C=O) groups is 2. The van der Waals surface area contributed by atoms with Crippen LogP contribution in [0.1, 0.15) is 45.1 Å². The number of hydrogen-bond acceptors (Lipinski definition) is 2. The van der Waals surface area contributed by atoms with Gasteiger partial charge in [-0.1, -0.05) is 25.5 Å². The van der Waals surface area contributed by atoms with Crippen LogP contribution in [0.4, 0.5) is 5.69 Å². The first-order chi connectivity index (χ1) is 11.6. The number of hydrogen-bond donors (Lipinski definition) is 3. The predicted octanol–water partition coefficient (Wildman–Crippen LogP) is 1.15. The van der Waals surface area contributed by atoms with Gasteiger partial charge >= 0.3 is 11.8 Å². The first kappa shape index (κ1) is 18.5. The molecule has 1 aromatic rings. The zero-order valence-corrected chi connectivity index (χ0v) is 14.9. The Kier molecular flexibility index (Phi) is 7.25. The molecule has 0 spiro atoms. The lowest BCUT2D eigenvalue weighted by Crippen LogP contribution is -3.14. The van der Waals surface area contributed by atoms with E-state index in [1.807, 2.05) is 24.3 Å². The summed E-state index contributed by atoms with van der Waals surface area (Å²) < 4.78 is 0. The van der Waals surface area contributed by atoms with Crippen LogP contribution in [0.5, 0.6) is 0 Å². The van der Waals surface area contributed by atoms with Gasteiger partial charge in [0, 0.05) is 18.5 Å². The number of rotatable bonds is 7. The molecule has 0 radical (unpaired) electrons. The van der Waals surface area contributed by atoms with Crippen molar-refractivity contribution < 1.29 is 14.5 Å². The molecule has 24 heavy (non-hydrogen) atoms. The molecule has 3 N–H and O–H groups in total. The summed E-state index contributed by atoms with van der Waals surface area (Å²) in [5, 5.41) is 5.44. The Hall–Kier alpha value is -1.88. The number of nitrogens with one attached hydrogen (secondary N) is 3. The van der Waals surface area contributed by atoms with Gasteiger partial charge in [-0.3, -0.25) is 9.59 Å². The molecule has 1 heterocycles. The minimum absolute atomic E-state index is 0.435. The molecular weight excluding hydrogens is 302 g/mol. The Morgan fingerprint density at radius 1 is 1.17 bits per heavy atom. The summed E-state index contributed by atoms with van der Waals surface area (Å²) in [6.45, 7) is 7.13. The van der Waals surface area contributed by atoms with Crippen molar-refractivity contribution in [2.24, 2.45) is 0 Å². The maximum atomic E-state index is 12.0. The minimum atomic E-state index is -0.590. The van der Waals surface area contributed by atoms with E-state index in [2.05, 4.69) is 24.5 Å². The first-order valence-corrected chi connectivity index (χ1v) is 9.16. The fourth-order valence-corrected chi connectivity index (χ4v) is 3.32. The van der Waals surface area contributed by atoms with Crippen LogP contribution in [-0.4, -0.2) is 37.5 Å². The van der Waals surface area contributed by atoms with Crippen molar-refractivity contribution in [2.75, 3.05) is 25.0 Å². The van der Waals surface area contributed by atoms with Crippen molar-refractivity contribution in [3.05, 3.63) is 29.8 Å². The normalized spacial score (nSPS) is 19.9. The van der Waals surface area contributed by atoms with Crippen molar-refractivity contribution in [3.63, 3.8) is 0 Å². The Morgan fingerprint density at radius 2 is 1.92 bits per heavy atom. The maximum absolute atomic E-state index is 12.0. The van der Waals surface area contributed by atoms with E-state index in [-0.39, 0.29) is 0 Å². The largest absolute Gasteiger partial charge is 0.342 e. The van der Waals surface area contributed by atoms with E-state index in [1.165, 1.54) is 16.9 Å². The van der Waals surface area contributed by atoms with Gasteiger partial charge in [-0.2, -0.15) is 0 Å². The van der Waals surface area contributed by atoms with E-state index in [0.29, 0.717) is 18.3 Å². The standard InChI is InChI=1S/C19H29N3O2/c1-3-5-7-15-9-11-16(12-10-15)21-19(24)18(23)20-14-17-8-6-13-22(17)4-2/h9-12,17H,3-8,13-14H2,1-2H3,(H,20,23)(H,21,24)/p+1/t17-/m0/s1. The van der Waals surface area contributed by atoms with E-state index >= 15 is 0 Å². The number of aryl methyl sites for hydroxylation is 1. The highest BCUT2D eigenvalue weighted by Crippen LogP contribution is 2.11. The van der Waals surface area contributed by atoms with Crippen LogP contribution in [0.25, 0.3) is 0 Å². The van der Waals surface area contributed by atoms with E-state index in [4.69, 9.17) is 0 Å². The van der Waals surface area contributed by atoms with Gasteiger partial charge in [-0.15, -0.1) is 0 Å². The fourth-order valence-electron chi connectivity index (χ4n) is 3.32. The average molecular weight is 332 g/mol. The molecule has 1 saturated heterocycles. The summed E-state index contributed by atoms with van der Waals surface area (Å²) in [7, 11) is 0. The van der Waals surface area contributed by atoms with Crippen molar-refractivity contribution in [1.29, 1.82) is 0 Å². The molecule has 0 aromatic heterocycles. The zero-order chi connectivity index (χ0) is 17.4. The highest BCUT2D eigenvalue weighted by atomic mass is 16.2. The molecule has 0 saturated carbocycles. The quantitative estimate of drug-likeness (QED) is 0.656. The molecule has 5 nitrogen and oxygen atoms in total. The van der Waals surface area contributed by atoms with Gasteiger partial charge in [-0.25, -0.2) is 0 Å². The number of likely N-dealkylation sites (N-methyl/N-ethyl adjacent to an activating group) is 1. The van der Waals surface area contributed by atoms with Gasteiger partial charge in [0.1, 0.15) is 6.04 Å². The van der Waals surface area contributed by atoms with Gasteiger partial charge in [0.2, 0.25) is 0 Å². The van der Waals surface area contributed by atoms with Gasteiger partial charge in [0.05, 0.1) is 19.6 Å². The topological polar surface area (TPSA) is 62.6 Å². The lowest BCUT2D eigenvalue weighted by Gasteiger charge is -2.19. The summed E-state index contributed by atoms with van der Waals surface area (Å²) in [6.07, 6.45) is 5.68. The number of unbranched alkanes of at least 4 members (excludes halogenated alkanes) is 1. The van der Waals surface area contributed by atoms with Crippen LogP contribution in [-0.2, 0) is 16.0 Å². The van der Waals surface area contributed by atoms with Crippen LogP contribution in [0, 0.1) is 0 Å². The molecular formula is C19H30N3O2+. The molecule has 1 unspecified atom stereocenters. The van der Waals surface area contributed by atoms with Crippen LogP contribution >= 0.6 is 0 Å². The zero-order valence-electron chi connectivity index (χ0n) is 14.9. The number of benzene rings is 1. The molecule has 2 rings (SSSR count). The van der Waals surface area contributed by atoms with E-state index in [9.17, 15) is 9.59 Å². The summed E-state index contributed by atoms with van der Waals surface area (Å²) in [5.41, 5.74) is 1.92. The SMILES string of the molecule is CCCCc1ccc(NC(=O)C(=O)NC[C@@H]2CCC[NH+]2CC)cc1. The molecule has 2 atom stereocenters. The van der Waals surface area contributed by atoms with Gasteiger partial charge in [-0.05, 0) is 37.5 Å². The van der Waals surface area contributed by atoms with Crippen molar-refractivity contribution >= 4 is 17.5 Å². The lowest BCUT2D eigenvalue weighted by molar-refractivity contribution is -0.909.